The maximum absolute atomic E-state index is 10.7. The SMILES string of the molecule is Cn1c(/C(C#N)=C(\O)C[NH+]2CCN(c3ccccc3Cl)CC2)nc2ccccc21. The smallest absolute Gasteiger partial charge is 0.169 e. The summed E-state index contributed by atoms with van der Waals surface area (Å²) in [4.78, 5) is 8.05. The summed E-state index contributed by atoms with van der Waals surface area (Å²) in [5.74, 6) is 0.590. The van der Waals surface area contributed by atoms with Crippen molar-refractivity contribution >= 4 is 33.9 Å². The van der Waals surface area contributed by atoms with Gasteiger partial charge in [-0.2, -0.15) is 5.26 Å². The van der Waals surface area contributed by atoms with Crippen LogP contribution in [0, 0.1) is 11.3 Å². The minimum absolute atomic E-state index is 0.0899. The van der Waals surface area contributed by atoms with Crippen LogP contribution in [0.2, 0.25) is 5.02 Å². The van der Waals surface area contributed by atoms with Gasteiger partial charge in [-0.15, -0.1) is 0 Å². The maximum atomic E-state index is 10.7. The van der Waals surface area contributed by atoms with Crippen molar-refractivity contribution in [2.45, 2.75) is 0 Å². The Bertz CT molecular complexity index is 1110. The number of fused-ring (bicyclic) bond motifs is 1. The number of anilines is 1. The van der Waals surface area contributed by atoms with Crippen LogP contribution < -0.4 is 9.80 Å². The molecule has 2 N–H and O–H groups in total. The molecule has 2 heterocycles. The molecule has 148 valence electrons. The van der Waals surface area contributed by atoms with Crippen molar-refractivity contribution in [2.24, 2.45) is 7.05 Å². The molecule has 0 saturated carbocycles. The molecule has 1 aliphatic heterocycles. The third-order valence-electron chi connectivity index (χ3n) is 5.49. The van der Waals surface area contributed by atoms with Gasteiger partial charge in [-0.05, 0) is 24.3 Å². The summed E-state index contributed by atoms with van der Waals surface area (Å²) in [6, 6.07) is 17.7. The first-order chi connectivity index (χ1) is 14.1. The second-order valence-corrected chi connectivity index (χ2v) is 7.69. The number of nitrogens with zero attached hydrogens (tertiary/aromatic N) is 4. The third-order valence-corrected chi connectivity index (χ3v) is 5.81. The van der Waals surface area contributed by atoms with Crippen LogP contribution in [0.25, 0.3) is 16.6 Å². The predicted molar refractivity (Wildman–Crippen MR) is 115 cm³/mol. The maximum Gasteiger partial charge on any atom is 0.169 e. The van der Waals surface area contributed by atoms with Crippen molar-refractivity contribution in [2.75, 3.05) is 37.6 Å². The third kappa shape index (κ3) is 3.80. The standard InChI is InChI=1S/C22H22ClN5O/c1-26-20-9-5-3-7-18(20)25-22(26)16(14-24)21(29)15-27-10-12-28(13-11-27)19-8-4-2-6-17(19)23/h2-9,29H,10-13,15H2,1H3/p+1/b21-16-. The van der Waals surface area contributed by atoms with Gasteiger partial charge in [0, 0.05) is 7.05 Å². The molecule has 29 heavy (non-hydrogen) atoms. The monoisotopic (exact) mass is 408 g/mol. The average molecular weight is 409 g/mol. The van der Waals surface area contributed by atoms with Gasteiger partial charge in [0.25, 0.3) is 0 Å². The lowest BCUT2D eigenvalue weighted by Gasteiger charge is -2.34. The molecule has 0 amide bonds. The van der Waals surface area contributed by atoms with Gasteiger partial charge in [-0.25, -0.2) is 4.98 Å². The van der Waals surface area contributed by atoms with E-state index in [0.29, 0.717) is 12.4 Å². The van der Waals surface area contributed by atoms with E-state index in [4.69, 9.17) is 11.6 Å². The number of nitriles is 1. The molecular weight excluding hydrogens is 386 g/mol. The molecule has 1 aromatic heterocycles. The fraction of sp³-hybridized carbons (Fsp3) is 0.273. The van der Waals surface area contributed by atoms with E-state index < -0.39 is 0 Å². The second-order valence-electron chi connectivity index (χ2n) is 7.28. The van der Waals surface area contributed by atoms with Crippen LogP contribution in [0.1, 0.15) is 5.82 Å². The zero-order valence-corrected chi connectivity index (χ0v) is 17.0. The Morgan fingerprint density at radius 3 is 2.55 bits per heavy atom. The number of hydrogen-bond donors (Lipinski definition) is 2. The predicted octanol–water partition coefficient (Wildman–Crippen LogP) is 2.42. The van der Waals surface area contributed by atoms with E-state index in [9.17, 15) is 10.4 Å². The molecular formula is C22H23ClN5O+. The second kappa shape index (κ2) is 8.16. The zero-order valence-electron chi connectivity index (χ0n) is 16.3. The Labute approximate surface area is 174 Å². The molecule has 1 saturated heterocycles. The normalized spacial score (nSPS) is 16.0. The number of rotatable bonds is 4. The van der Waals surface area contributed by atoms with E-state index >= 15 is 0 Å². The van der Waals surface area contributed by atoms with E-state index in [1.54, 1.807) is 0 Å². The molecule has 1 fully saturated rings. The van der Waals surface area contributed by atoms with Crippen LogP contribution in [0.4, 0.5) is 5.69 Å². The number of nitrogens with one attached hydrogen (secondary N) is 1. The van der Waals surface area contributed by atoms with Gasteiger partial charge < -0.3 is 19.5 Å². The summed E-state index contributed by atoms with van der Waals surface area (Å²) in [7, 11) is 1.87. The number of halogens is 1. The summed E-state index contributed by atoms with van der Waals surface area (Å²) in [6.07, 6.45) is 0. The summed E-state index contributed by atoms with van der Waals surface area (Å²) in [6.45, 7) is 3.82. The van der Waals surface area contributed by atoms with Crippen molar-refractivity contribution in [1.82, 2.24) is 9.55 Å². The van der Waals surface area contributed by atoms with Crippen LogP contribution in [-0.4, -0.2) is 47.4 Å². The molecule has 3 aromatic rings. The number of aliphatic hydroxyl groups excluding tert-OH is 1. The highest BCUT2D eigenvalue weighted by molar-refractivity contribution is 6.33. The molecule has 0 atom stereocenters. The molecule has 0 radical (unpaired) electrons. The molecule has 7 heteroatoms. The lowest BCUT2D eigenvalue weighted by Crippen LogP contribution is -3.15. The fourth-order valence-corrected chi connectivity index (χ4v) is 4.14. The summed E-state index contributed by atoms with van der Waals surface area (Å²) in [5, 5.41) is 21.2. The molecule has 0 bridgehead atoms. The summed E-state index contributed by atoms with van der Waals surface area (Å²) >= 11 is 6.31. The van der Waals surface area contributed by atoms with Crippen molar-refractivity contribution in [1.29, 1.82) is 5.26 Å². The average Bonchev–Trinajstić information content (AvgIpc) is 3.06. The first-order valence-electron chi connectivity index (χ1n) is 9.65. The van der Waals surface area contributed by atoms with Crippen LogP contribution in [0.15, 0.2) is 54.3 Å². The highest BCUT2D eigenvalue weighted by Gasteiger charge is 2.24. The van der Waals surface area contributed by atoms with E-state index in [2.05, 4.69) is 16.0 Å². The Hall–Kier alpha value is -3.01. The number of benzene rings is 2. The highest BCUT2D eigenvalue weighted by atomic mass is 35.5. The number of imidazole rings is 1. The van der Waals surface area contributed by atoms with E-state index in [-0.39, 0.29) is 11.3 Å². The minimum atomic E-state index is 0.0899. The minimum Gasteiger partial charge on any atom is -0.506 e. The molecule has 1 aliphatic rings. The molecule has 0 aliphatic carbocycles. The van der Waals surface area contributed by atoms with Crippen LogP contribution in [-0.2, 0) is 7.05 Å². The van der Waals surface area contributed by atoms with Crippen molar-refractivity contribution in [3.63, 3.8) is 0 Å². The number of aromatic nitrogens is 2. The largest absolute Gasteiger partial charge is 0.506 e. The quantitative estimate of drug-likeness (QED) is 0.514. The topological polar surface area (TPSA) is 69.5 Å². The number of aryl methyl sites for hydroxylation is 1. The first kappa shape index (κ1) is 19.3. The molecule has 0 unspecified atom stereocenters. The van der Waals surface area contributed by atoms with Gasteiger partial charge in [-0.3, -0.25) is 0 Å². The van der Waals surface area contributed by atoms with E-state index in [1.165, 1.54) is 4.90 Å². The number of para-hydroxylation sites is 3. The molecule has 6 nitrogen and oxygen atoms in total. The lowest BCUT2D eigenvalue weighted by molar-refractivity contribution is -0.897. The van der Waals surface area contributed by atoms with Gasteiger partial charge in [0.1, 0.15) is 18.2 Å². The van der Waals surface area contributed by atoms with Crippen molar-refractivity contribution < 1.29 is 10.0 Å². The highest BCUT2D eigenvalue weighted by Crippen LogP contribution is 2.25. The Morgan fingerprint density at radius 2 is 1.86 bits per heavy atom. The van der Waals surface area contributed by atoms with E-state index in [0.717, 1.165) is 47.9 Å². The summed E-state index contributed by atoms with van der Waals surface area (Å²) < 4.78 is 1.86. The number of aliphatic hydroxyl groups is 1. The van der Waals surface area contributed by atoms with Crippen LogP contribution >= 0.6 is 11.6 Å². The first-order valence-corrected chi connectivity index (χ1v) is 10.0. The number of hydrogen-bond acceptors (Lipinski definition) is 4. The Morgan fingerprint density at radius 1 is 1.17 bits per heavy atom. The van der Waals surface area contributed by atoms with Crippen molar-refractivity contribution in [3.05, 3.63) is 65.1 Å². The van der Waals surface area contributed by atoms with Crippen LogP contribution in [0.3, 0.4) is 0 Å². The fourth-order valence-electron chi connectivity index (χ4n) is 3.89. The van der Waals surface area contributed by atoms with Crippen LogP contribution in [0.5, 0.6) is 0 Å². The zero-order chi connectivity index (χ0) is 20.4. The molecule has 2 aromatic carbocycles. The molecule has 4 rings (SSSR count). The Balaban J connectivity index is 1.50. The van der Waals surface area contributed by atoms with Gasteiger partial charge in [0.2, 0.25) is 0 Å². The Kier molecular flexibility index (Phi) is 5.43. The lowest BCUT2D eigenvalue weighted by atomic mass is 10.2. The number of quaternary nitrogens is 1. The van der Waals surface area contributed by atoms with Crippen molar-refractivity contribution in [3.8, 4) is 6.07 Å². The van der Waals surface area contributed by atoms with E-state index in [1.807, 2.05) is 60.1 Å². The van der Waals surface area contributed by atoms with Gasteiger partial charge in [0.15, 0.2) is 11.6 Å². The number of piperazine rings is 1. The van der Waals surface area contributed by atoms with Gasteiger partial charge in [0.05, 0.1) is 47.9 Å². The van der Waals surface area contributed by atoms with Gasteiger partial charge >= 0.3 is 0 Å². The number of allylic oxidation sites excluding steroid dienone is 1. The molecule has 0 spiro atoms. The summed E-state index contributed by atoms with van der Waals surface area (Å²) in [5.41, 5.74) is 3.03. The van der Waals surface area contributed by atoms with Gasteiger partial charge in [-0.1, -0.05) is 35.9 Å².